The van der Waals surface area contributed by atoms with Gasteiger partial charge in [-0.25, -0.2) is 14.6 Å². The maximum atomic E-state index is 12.7. The molecule has 154 valence electrons. The van der Waals surface area contributed by atoms with Crippen LogP contribution in [0.25, 0.3) is 17.2 Å². The smallest absolute Gasteiger partial charge is 0.254 e. The van der Waals surface area contributed by atoms with Gasteiger partial charge in [0.25, 0.3) is 11.9 Å². The summed E-state index contributed by atoms with van der Waals surface area (Å²) in [6, 6.07) is 8.41. The predicted octanol–water partition coefficient (Wildman–Crippen LogP) is 2.81. The van der Waals surface area contributed by atoms with E-state index in [1.807, 2.05) is 12.3 Å². The molecule has 0 bridgehead atoms. The summed E-state index contributed by atoms with van der Waals surface area (Å²) in [6.45, 7) is 1.85. The quantitative estimate of drug-likeness (QED) is 0.683. The van der Waals surface area contributed by atoms with E-state index >= 15 is 0 Å². The third-order valence-corrected chi connectivity index (χ3v) is 5.78. The van der Waals surface area contributed by atoms with Crippen molar-refractivity contribution in [2.75, 3.05) is 6.54 Å². The molecule has 0 saturated heterocycles. The number of carbonyl (C=O) groups excluding carboxylic acids is 1. The van der Waals surface area contributed by atoms with Gasteiger partial charge in [0, 0.05) is 24.2 Å². The first-order chi connectivity index (χ1) is 14.6. The Bertz CT molecular complexity index is 1100. The number of hydrogen-bond acceptors (Lipinski definition) is 5. The summed E-state index contributed by atoms with van der Waals surface area (Å²) in [5, 5.41) is 16.7. The van der Waals surface area contributed by atoms with Gasteiger partial charge in [-0.05, 0) is 50.2 Å². The molecule has 1 atom stereocenters. The summed E-state index contributed by atoms with van der Waals surface area (Å²) in [5.74, 6) is 0.570. The largest absolute Gasteiger partial charge is 0.392 e. The van der Waals surface area contributed by atoms with Gasteiger partial charge in [-0.3, -0.25) is 4.79 Å². The highest BCUT2D eigenvalue weighted by Crippen LogP contribution is 2.42. The van der Waals surface area contributed by atoms with Gasteiger partial charge in [-0.2, -0.15) is 5.10 Å². The van der Waals surface area contributed by atoms with Crippen LogP contribution in [-0.2, 0) is 12.8 Å². The van der Waals surface area contributed by atoms with Crippen LogP contribution in [0.15, 0.2) is 36.7 Å². The number of nitrogens with zero attached hydrogens (tertiary/aromatic N) is 4. The van der Waals surface area contributed by atoms with Gasteiger partial charge in [0.05, 0.1) is 29.3 Å². The average molecular weight is 403 g/mol. The SMILES string of the molecule is CC(O)CNC(=O)c1cnn(-c2ncc3c(n2)-c2ccccc2CCC3)c1C1CC1. The number of amides is 1. The fraction of sp³-hybridized carbons (Fsp3) is 0.391. The summed E-state index contributed by atoms with van der Waals surface area (Å²) in [6.07, 6.45) is 8.01. The second-order valence-electron chi connectivity index (χ2n) is 8.24. The fourth-order valence-electron chi connectivity index (χ4n) is 4.13. The lowest BCUT2D eigenvalue weighted by Gasteiger charge is -2.12. The third kappa shape index (κ3) is 3.50. The molecule has 7 heteroatoms. The lowest BCUT2D eigenvalue weighted by atomic mass is 10.0. The first kappa shape index (κ1) is 18.9. The minimum atomic E-state index is -0.596. The van der Waals surface area contributed by atoms with Crippen molar-refractivity contribution in [3.63, 3.8) is 0 Å². The first-order valence-corrected chi connectivity index (χ1v) is 10.6. The molecule has 0 spiro atoms. The van der Waals surface area contributed by atoms with E-state index in [-0.39, 0.29) is 18.4 Å². The highest BCUT2D eigenvalue weighted by atomic mass is 16.3. The molecule has 1 unspecified atom stereocenters. The van der Waals surface area contributed by atoms with E-state index in [1.54, 1.807) is 17.8 Å². The number of carbonyl (C=O) groups is 1. The molecule has 1 amide bonds. The fourth-order valence-corrected chi connectivity index (χ4v) is 4.13. The lowest BCUT2D eigenvalue weighted by Crippen LogP contribution is -2.31. The lowest BCUT2D eigenvalue weighted by molar-refractivity contribution is 0.0923. The van der Waals surface area contributed by atoms with E-state index in [2.05, 4.69) is 33.6 Å². The number of aliphatic hydroxyl groups is 1. The van der Waals surface area contributed by atoms with Crippen LogP contribution in [0.4, 0.5) is 0 Å². The second-order valence-corrected chi connectivity index (χ2v) is 8.24. The molecule has 1 aromatic carbocycles. The minimum absolute atomic E-state index is 0.209. The van der Waals surface area contributed by atoms with E-state index < -0.39 is 6.10 Å². The summed E-state index contributed by atoms with van der Waals surface area (Å²) < 4.78 is 1.72. The monoisotopic (exact) mass is 403 g/mol. The van der Waals surface area contributed by atoms with Crippen LogP contribution in [0.3, 0.4) is 0 Å². The van der Waals surface area contributed by atoms with Gasteiger partial charge in [0.1, 0.15) is 0 Å². The van der Waals surface area contributed by atoms with Gasteiger partial charge < -0.3 is 10.4 Å². The number of hydrogen-bond donors (Lipinski definition) is 2. The number of aliphatic hydroxyl groups excluding tert-OH is 1. The van der Waals surface area contributed by atoms with Crippen LogP contribution < -0.4 is 5.32 Å². The highest BCUT2D eigenvalue weighted by molar-refractivity contribution is 5.95. The maximum absolute atomic E-state index is 12.7. The van der Waals surface area contributed by atoms with E-state index in [0.717, 1.165) is 54.6 Å². The zero-order valence-corrected chi connectivity index (χ0v) is 17.0. The Morgan fingerprint density at radius 1 is 1.23 bits per heavy atom. The number of rotatable bonds is 5. The van der Waals surface area contributed by atoms with Gasteiger partial charge in [0.2, 0.25) is 0 Å². The van der Waals surface area contributed by atoms with E-state index in [1.165, 1.54) is 5.56 Å². The standard InChI is InChI=1S/C23H25N5O2/c1-14(29)11-24-22(30)19-13-26-28(21(19)16-9-10-16)23-25-12-17-7-4-6-15-5-2-3-8-18(15)20(17)27-23/h2-3,5,8,12-14,16,29H,4,6-7,9-11H2,1H3,(H,24,30). The van der Waals surface area contributed by atoms with Crippen molar-refractivity contribution < 1.29 is 9.90 Å². The molecule has 5 rings (SSSR count). The number of aromatic nitrogens is 4. The van der Waals surface area contributed by atoms with Crippen molar-refractivity contribution in [2.24, 2.45) is 0 Å². The Labute approximate surface area is 175 Å². The highest BCUT2D eigenvalue weighted by Gasteiger charge is 2.34. The Balaban J connectivity index is 1.56. The van der Waals surface area contributed by atoms with Gasteiger partial charge in [-0.15, -0.1) is 0 Å². The van der Waals surface area contributed by atoms with Crippen molar-refractivity contribution in [1.82, 2.24) is 25.1 Å². The van der Waals surface area contributed by atoms with Crippen LogP contribution in [0.2, 0.25) is 0 Å². The van der Waals surface area contributed by atoms with Crippen LogP contribution in [0, 0.1) is 0 Å². The molecule has 0 radical (unpaired) electrons. The zero-order valence-electron chi connectivity index (χ0n) is 17.0. The molecule has 0 aliphatic heterocycles. The molecule has 2 N–H and O–H groups in total. The molecule has 2 aliphatic carbocycles. The Hall–Kier alpha value is -3.06. The maximum Gasteiger partial charge on any atom is 0.254 e. The molecular formula is C23H25N5O2. The van der Waals surface area contributed by atoms with Crippen molar-refractivity contribution in [3.8, 4) is 17.2 Å². The van der Waals surface area contributed by atoms with Crippen LogP contribution in [-0.4, -0.2) is 43.4 Å². The summed E-state index contributed by atoms with van der Waals surface area (Å²) >= 11 is 0. The van der Waals surface area contributed by atoms with Gasteiger partial charge >= 0.3 is 0 Å². The average Bonchev–Trinajstić information content (AvgIpc) is 3.53. The normalized spacial score (nSPS) is 16.3. The van der Waals surface area contributed by atoms with Crippen LogP contribution in [0.5, 0.6) is 0 Å². The van der Waals surface area contributed by atoms with E-state index in [0.29, 0.717) is 11.5 Å². The number of benzene rings is 1. The zero-order chi connectivity index (χ0) is 20.7. The molecule has 7 nitrogen and oxygen atoms in total. The second kappa shape index (κ2) is 7.65. The molecular weight excluding hydrogens is 378 g/mol. The van der Waals surface area contributed by atoms with E-state index in [4.69, 9.17) is 4.98 Å². The number of aryl methyl sites for hydroxylation is 2. The predicted molar refractivity (Wildman–Crippen MR) is 113 cm³/mol. The third-order valence-electron chi connectivity index (χ3n) is 5.78. The summed E-state index contributed by atoms with van der Waals surface area (Å²) in [7, 11) is 0. The van der Waals surface area contributed by atoms with E-state index in [9.17, 15) is 9.90 Å². The Morgan fingerprint density at radius 3 is 2.83 bits per heavy atom. The Morgan fingerprint density at radius 2 is 2.03 bits per heavy atom. The summed E-state index contributed by atoms with van der Waals surface area (Å²) in [5.41, 5.74) is 5.98. The molecule has 3 aromatic rings. The van der Waals surface area contributed by atoms with Crippen molar-refractivity contribution in [3.05, 3.63) is 59.0 Å². The minimum Gasteiger partial charge on any atom is -0.392 e. The molecule has 30 heavy (non-hydrogen) atoms. The van der Waals surface area contributed by atoms with Crippen molar-refractivity contribution in [2.45, 2.75) is 51.0 Å². The van der Waals surface area contributed by atoms with Crippen molar-refractivity contribution in [1.29, 1.82) is 0 Å². The molecule has 2 aliphatic rings. The molecule has 1 saturated carbocycles. The van der Waals surface area contributed by atoms with Crippen LogP contribution in [0.1, 0.15) is 59.3 Å². The van der Waals surface area contributed by atoms with Crippen molar-refractivity contribution >= 4 is 5.91 Å². The van der Waals surface area contributed by atoms with Crippen LogP contribution >= 0.6 is 0 Å². The number of fused-ring (bicyclic) bond motifs is 3. The molecule has 1 fully saturated rings. The Kier molecular flexibility index (Phi) is 4.83. The van der Waals surface area contributed by atoms with Gasteiger partial charge in [-0.1, -0.05) is 24.3 Å². The first-order valence-electron chi connectivity index (χ1n) is 10.6. The number of nitrogens with one attached hydrogen (secondary N) is 1. The molecule has 2 aromatic heterocycles. The topological polar surface area (TPSA) is 92.9 Å². The summed E-state index contributed by atoms with van der Waals surface area (Å²) in [4.78, 5) is 22.2. The molecule has 2 heterocycles. The van der Waals surface area contributed by atoms with Gasteiger partial charge in [0.15, 0.2) is 0 Å².